The first-order valence-electron chi connectivity index (χ1n) is 20.7. The molecule has 0 aromatic rings. The Hall–Kier alpha value is -0.160. The first-order chi connectivity index (χ1) is 22.2. The number of hydrogen-bond acceptors (Lipinski definition) is 4. The van der Waals surface area contributed by atoms with Crippen LogP contribution in [0.25, 0.3) is 0 Å². The molecule has 0 aromatic carbocycles. The van der Waals surface area contributed by atoms with Gasteiger partial charge >= 0.3 is 0 Å². The Labute approximate surface area is 284 Å². The van der Waals surface area contributed by atoms with Gasteiger partial charge in [-0.05, 0) is 25.8 Å². The molecule has 0 saturated carbocycles. The molecular weight excluding hydrogens is 554 g/mol. The molecule has 0 saturated heterocycles. The lowest BCUT2D eigenvalue weighted by Crippen LogP contribution is -2.29. The van der Waals surface area contributed by atoms with Crippen molar-refractivity contribution in [3.63, 3.8) is 0 Å². The molecule has 45 heavy (non-hydrogen) atoms. The predicted octanol–water partition coefficient (Wildman–Crippen LogP) is 12.8. The van der Waals surface area contributed by atoms with Crippen LogP contribution in [0, 0.1) is 0 Å². The molecule has 4 heteroatoms. The maximum atomic E-state index is 6.18. The highest BCUT2D eigenvalue weighted by Crippen LogP contribution is 2.14. The summed E-state index contributed by atoms with van der Waals surface area (Å²) in [5, 5.41) is 3.48. The Kier molecular flexibility index (Phi) is 39.9. The molecule has 0 heterocycles. The van der Waals surface area contributed by atoms with Gasteiger partial charge in [-0.1, -0.05) is 195 Å². The van der Waals surface area contributed by atoms with Gasteiger partial charge in [-0.2, -0.15) is 0 Å². The van der Waals surface area contributed by atoms with Gasteiger partial charge in [0.1, 0.15) is 6.10 Å². The van der Waals surface area contributed by atoms with Gasteiger partial charge in [0.2, 0.25) is 0 Å². The molecule has 0 fully saturated rings. The molecule has 0 aliphatic rings. The Bertz CT molecular complexity index is 479. The van der Waals surface area contributed by atoms with Gasteiger partial charge in [-0.15, -0.1) is 0 Å². The van der Waals surface area contributed by atoms with Crippen molar-refractivity contribution in [2.75, 3.05) is 39.6 Å². The first kappa shape index (κ1) is 44.8. The van der Waals surface area contributed by atoms with E-state index in [1.165, 1.54) is 180 Å². The zero-order valence-corrected chi connectivity index (χ0v) is 31.6. The van der Waals surface area contributed by atoms with E-state index in [0.29, 0.717) is 19.3 Å². The molecule has 272 valence electrons. The van der Waals surface area contributed by atoms with E-state index in [9.17, 15) is 0 Å². The Balaban J connectivity index is 3.73. The highest BCUT2D eigenvalue weighted by atomic mass is 16.6. The summed E-state index contributed by atoms with van der Waals surface area (Å²) in [7, 11) is 0. The molecule has 0 bridgehead atoms. The SMILES string of the molecule is CCCCCCCCCCCCCCCCOCC(COCCCCCCCCCCCCCCCC)OCCCNC(C)C. The quantitative estimate of drug-likeness (QED) is 0.0677. The molecule has 4 nitrogen and oxygen atoms in total. The molecule has 0 atom stereocenters. The third-order valence-electron chi connectivity index (χ3n) is 9.12. The fraction of sp³-hybridized carbons (Fsp3) is 1.00. The first-order valence-corrected chi connectivity index (χ1v) is 20.7. The minimum atomic E-state index is 0.0577. The van der Waals surface area contributed by atoms with Crippen LogP contribution in [0.2, 0.25) is 0 Å². The van der Waals surface area contributed by atoms with E-state index < -0.39 is 0 Å². The Morgan fingerprint density at radius 2 is 0.689 bits per heavy atom. The van der Waals surface area contributed by atoms with Gasteiger partial charge in [0.25, 0.3) is 0 Å². The smallest absolute Gasteiger partial charge is 0.104 e. The molecule has 0 aliphatic carbocycles. The minimum Gasteiger partial charge on any atom is -0.379 e. The second-order valence-corrected chi connectivity index (χ2v) is 14.3. The summed E-state index contributed by atoms with van der Waals surface area (Å²) in [6, 6.07) is 0.530. The summed E-state index contributed by atoms with van der Waals surface area (Å²) in [4.78, 5) is 0. The minimum absolute atomic E-state index is 0.0577. The van der Waals surface area contributed by atoms with Gasteiger partial charge in [-0.25, -0.2) is 0 Å². The zero-order valence-electron chi connectivity index (χ0n) is 31.6. The maximum absolute atomic E-state index is 6.18. The number of ether oxygens (including phenoxy) is 3. The molecule has 0 aliphatic heterocycles. The fourth-order valence-electron chi connectivity index (χ4n) is 6.08. The van der Waals surface area contributed by atoms with Crippen LogP contribution in [0.3, 0.4) is 0 Å². The summed E-state index contributed by atoms with van der Waals surface area (Å²) in [6.45, 7) is 13.8. The average molecular weight is 640 g/mol. The van der Waals surface area contributed by atoms with E-state index in [1.807, 2.05) is 0 Å². The second-order valence-electron chi connectivity index (χ2n) is 14.3. The van der Waals surface area contributed by atoms with E-state index >= 15 is 0 Å². The Morgan fingerprint density at radius 3 is 1.00 bits per heavy atom. The van der Waals surface area contributed by atoms with E-state index in [2.05, 4.69) is 33.0 Å². The van der Waals surface area contributed by atoms with Crippen LogP contribution in [-0.4, -0.2) is 51.7 Å². The highest BCUT2D eigenvalue weighted by molar-refractivity contribution is 4.59. The lowest BCUT2D eigenvalue weighted by molar-refractivity contribution is -0.0612. The van der Waals surface area contributed by atoms with Crippen molar-refractivity contribution < 1.29 is 14.2 Å². The van der Waals surface area contributed by atoms with Crippen LogP contribution in [0.5, 0.6) is 0 Å². The van der Waals surface area contributed by atoms with Crippen LogP contribution >= 0.6 is 0 Å². The van der Waals surface area contributed by atoms with Crippen LogP contribution in [0.1, 0.15) is 214 Å². The second kappa shape index (κ2) is 40.0. The molecule has 0 rings (SSSR count). The summed E-state index contributed by atoms with van der Waals surface area (Å²) in [5.41, 5.74) is 0. The monoisotopic (exact) mass is 640 g/mol. The Morgan fingerprint density at radius 1 is 0.378 bits per heavy atom. The molecule has 0 aromatic heterocycles. The largest absolute Gasteiger partial charge is 0.379 e. The molecular formula is C41H85NO3. The van der Waals surface area contributed by atoms with Crippen molar-refractivity contribution in [3.8, 4) is 0 Å². The van der Waals surface area contributed by atoms with Gasteiger partial charge in [0.15, 0.2) is 0 Å². The molecule has 0 radical (unpaired) electrons. The summed E-state index contributed by atoms with van der Waals surface area (Å²) < 4.78 is 18.3. The van der Waals surface area contributed by atoms with E-state index in [4.69, 9.17) is 14.2 Å². The lowest BCUT2D eigenvalue weighted by Gasteiger charge is -2.19. The molecule has 0 amide bonds. The van der Waals surface area contributed by atoms with Crippen molar-refractivity contribution in [3.05, 3.63) is 0 Å². The van der Waals surface area contributed by atoms with Crippen molar-refractivity contribution in [1.29, 1.82) is 0 Å². The lowest BCUT2D eigenvalue weighted by atomic mass is 10.0. The standard InChI is InChI=1S/C41H85NO3/c1-5-7-9-11-13-15-17-19-21-23-25-27-29-31-35-43-38-41(45-37-33-34-42-40(3)4)39-44-36-32-30-28-26-24-22-20-18-16-14-12-10-8-6-2/h40-42H,5-39H2,1-4H3. The molecule has 0 spiro atoms. The zero-order chi connectivity index (χ0) is 32.7. The third-order valence-corrected chi connectivity index (χ3v) is 9.12. The van der Waals surface area contributed by atoms with Crippen LogP contribution < -0.4 is 5.32 Å². The van der Waals surface area contributed by atoms with Crippen LogP contribution in [-0.2, 0) is 14.2 Å². The van der Waals surface area contributed by atoms with Gasteiger partial charge < -0.3 is 19.5 Å². The number of unbranched alkanes of at least 4 members (excludes halogenated alkanes) is 26. The fourth-order valence-corrected chi connectivity index (χ4v) is 6.08. The third kappa shape index (κ3) is 39.9. The molecule has 0 unspecified atom stereocenters. The topological polar surface area (TPSA) is 39.7 Å². The van der Waals surface area contributed by atoms with Crippen LogP contribution in [0.4, 0.5) is 0 Å². The van der Waals surface area contributed by atoms with Crippen molar-refractivity contribution in [1.82, 2.24) is 5.32 Å². The van der Waals surface area contributed by atoms with Gasteiger partial charge in [0.05, 0.1) is 13.2 Å². The predicted molar refractivity (Wildman–Crippen MR) is 200 cm³/mol. The van der Waals surface area contributed by atoms with Crippen molar-refractivity contribution in [2.45, 2.75) is 226 Å². The average Bonchev–Trinajstić information content (AvgIpc) is 3.03. The summed E-state index contributed by atoms with van der Waals surface area (Å²) in [5.74, 6) is 0. The maximum Gasteiger partial charge on any atom is 0.104 e. The van der Waals surface area contributed by atoms with E-state index in [-0.39, 0.29) is 6.10 Å². The van der Waals surface area contributed by atoms with Crippen molar-refractivity contribution >= 4 is 0 Å². The van der Waals surface area contributed by atoms with Crippen LogP contribution in [0.15, 0.2) is 0 Å². The van der Waals surface area contributed by atoms with Crippen molar-refractivity contribution in [2.24, 2.45) is 0 Å². The number of hydrogen-bond donors (Lipinski definition) is 1. The molecule has 1 N–H and O–H groups in total. The van der Waals surface area contributed by atoms with Gasteiger partial charge in [-0.3, -0.25) is 0 Å². The van der Waals surface area contributed by atoms with E-state index in [1.54, 1.807) is 0 Å². The number of rotatable bonds is 40. The number of nitrogens with one attached hydrogen (secondary N) is 1. The normalized spacial score (nSPS) is 11.9. The van der Waals surface area contributed by atoms with Gasteiger partial charge in [0, 0.05) is 25.9 Å². The highest BCUT2D eigenvalue weighted by Gasteiger charge is 2.10. The van der Waals surface area contributed by atoms with E-state index in [0.717, 1.165) is 32.8 Å². The summed E-state index contributed by atoms with van der Waals surface area (Å²) >= 11 is 0. The summed E-state index contributed by atoms with van der Waals surface area (Å²) in [6.07, 6.45) is 40.1.